The van der Waals surface area contributed by atoms with E-state index < -0.39 is 0 Å². The van der Waals surface area contributed by atoms with Crippen molar-refractivity contribution in [2.45, 2.75) is 26.8 Å². The van der Waals surface area contributed by atoms with Crippen molar-refractivity contribution >= 4 is 17.0 Å². The van der Waals surface area contributed by atoms with E-state index in [1.54, 1.807) is 18.4 Å². The first-order chi connectivity index (χ1) is 10.1. The number of hydrogen-bond donors (Lipinski definition) is 1. The number of hydrogen-bond acceptors (Lipinski definition) is 4. The van der Waals surface area contributed by atoms with Crippen LogP contribution >= 0.6 is 11.3 Å². The predicted octanol–water partition coefficient (Wildman–Crippen LogP) is 4.56. The lowest BCUT2D eigenvalue weighted by molar-refractivity contribution is 0.146. The van der Waals surface area contributed by atoms with Crippen molar-refractivity contribution in [1.29, 1.82) is 0 Å². The molecule has 0 saturated carbocycles. The van der Waals surface area contributed by atoms with Crippen molar-refractivity contribution in [3.8, 4) is 5.75 Å². The highest BCUT2D eigenvalue weighted by atomic mass is 32.1. The molecular weight excluding hydrogens is 282 g/mol. The topological polar surface area (TPSA) is 30.5 Å². The zero-order valence-corrected chi connectivity index (χ0v) is 13.9. The second kappa shape index (κ2) is 7.48. The first-order valence-corrected chi connectivity index (χ1v) is 8.02. The first-order valence-electron chi connectivity index (χ1n) is 7.14. The van der Waals surface area contributed by atoms with Crippen molar-refractivity contribution in [3.05, 3.63) is 45.6 Å². The largest absolute Gasteiger partial charge is 0.489 e. The molecule has 0 aliphatic heterocycles. The first kappa shape index (κ1) is 15.9. The molecule has 0 bridgehead atoms. The number of rotatable bonds is 7. The molecule has 0 spiro atoms. The van der Waals surface area contributed by atoms with Crippen molar-refractivity contribution in [1.82, 2.24) is 0 Å². The summed E-state index contributed by atoms with van der Waals surface area (Å²) in [5.74, 6) is 0.883. The molecule has 1 unspecified atom stereocenters. The van der Waals surface area contributed by atoms with Crippen molar-refractivity contribution in [2.75, 3.05) is 25.6 Å². The maximum atomic E-state index is 5.82. The van der Waals surface area contributed by atoms with E-state index in [0.29, 0.717) is 13.2 Å². The molecule has 0 aliphatic carbocycles. The summed E-state index contributed by atoms with van der Waals surface area (Å²) in [7, 11) is 1.68. The third kappa shape index (κ3) is 4.22. The van der Waals surface area contributed by atoms with Gasteiger partial charge in [0.25, 0.3) is 0 Å². The molecule has 1 atom stereocenters. The summed E-state index contributed by atoms with van der Waals surface area (Å²) in [6.45, 7) is 7.54. The van der Waals surface area contributed by atoms with Crippen LogP contribution < -0.4 is 10.1 Å². The van der Waals surface area contributed by atoms with Crippen LogP contribution in [0.3, 0.4) is 0 Å². The van der Waals surface area contributed by atoms with Crippen LogP contribution in [0.1, 0.15) is 29.0 Å². The quantitative estimate of drug-likeness (QED) is 0.760. The van der Waals surface area contributed by atoms with Gasteiger partial charge in [0.05, 0.1) is 18.3 Å². The van der Waals surface area contributed by atoms with Gasteiger partial charge in [-0.05, 0) is 55.5 Å². The Morgan fingerprint density at radius 3 is 2.67 bits per heavy atom. The minimum absolute atomic E-state index is 0.262. The Labute approximate surface area is 130 Å². The Morgan fingerprint density at radius 1 is 1.19 bits per heavy atom. The van der Waals surface area contributed by atoms with Gasteiger partial charge in [-0.15, -0.1) is 11.3 Å². The molecule has 0 fully saturated rings. The molecule has 0 saturated heterocycles. The summed E-state index contributed by atoms with van der Waals surface area (Å²) in [6.07, 6.45) is 0. The van der Waals surface area contributed by atoms with Gasteiger partial charge in [0.2, 0.25) is 0 Å². The molecule has 1 aromatic carbocycles. The smallest absolute Gasteiger partial charge is 0.142 e. The summed E-state index contributed by atoms with van der Waals surface area (Å²) in [5.41, 5.74) is 3.54. The zero-order chi connectivity index (χ0) is 15.2. The van der Waals surface area contributed by atoms with Gasteiger partial charge in [0.15, 0.2) is 0 Å². The lowest BCUT2D eigenvalue weighted by Crippen LogP contribution is -2.10. The molecule has 0 amide bonds. The standard InChI is InChI=1S/C17H23NO2S/c1-12-5-6-15(16(11-12)20-9-8-19-4)18-14(3)17-13(2)7-10-21-17/h5-7,10-11,14,18H,8-9H2,1-4H3. The average molecular weight is 305 g/mol. The molecule has 114 valence electrons. The maximum absolute atomic E-state index is 5.82. The number of nitrogens with one attached hydrogen (secondary N) is 1. The molecule has 2 rings (SSSR count). The van der Waals surface area contributed by atoms with Crippen LogP contribution in [0.2, 0.25) is 0 Å². The van der Waals surface area contributed by atoms with Gasteiger partial charge in [-0.2, -0.15) is 0 Å². The zero-order valence-electron chi connectivity index (χ0n) is 13.1. The summed E-state index contributed by atoms with van der Waals surface area (Å²) >= 11 is 1.78. The van der Waals surface area contributed by atoms with E-state index in [0.717, 1.165) is 11.4 Å². The van der Waals surface area contributed by atoms with E-state index >= 15 is 0 Å². The Hall–Kier alpha value is -1.52. The lowest BCUT2D eigenvalue weighted by Gasteiger charge is -2.19. The normalized spacial score (nSPS) is 12.2. The SMILES string of the molecule is COCCOc1cc(C)ccc1NC(C)c1sccc1C. The molecule has 0 radical (unpaired) electrons. The Bertz CT molecular complexity index is 580. The van der Waals surface area contributed by atoms with Crippen molar-refractivity contribution in [2.24, 2.45) is 0 Å². The van der Waals surface area contributed by atoms with Crippen LogP contribution in [0.4, 0.5) is 5.69 Å². The van der Waals surface area contributed by atoms with E-state index in [9.17, 15) is 0 Å². The van der Waals surface area contributed by atoms with Crippen LogP contribution in [-0.2, 0) is 4.74 Å². The highest BCUT2D eigenvalue weighted by Gasteiger charge is 2.12. The minimum atomic E-state index is 0.262. The summed E-state index contributed by atoms with van der Waals surface area (Å²) in [6, 6.07) is 8.66. The second-order valence-electron chi connectivity index (χ2n) is 5.17. The van der Waals surface area contributed by atoms with E-state index in [2.05, 4.69) is 55.7 Å². The van der Waals surface area contributed by atoms with E-state index in [4.69, 9.17) is 9.47 Å². The number of benzene rings is 1. The second-order valence-corrected chi connectivity index (χ2v) is 6.12. The molecule has 0 aliphatic rings. The molecule has 3 nitrogen and oxygen atoms in total. The van der Waals surface area contributed by atoms with Gasteiger partial charge in [-0.3, -0.25) is 0 Å². The molecular formula is C17H23NO2S. The van der Waals surface area contributed by atoms with Gasteiger partial charge in [0, 0.05) is 12.0 Å². The summed E-state index contributed by atoms with van der Waals surface area (Å²) < 4.78 is 10.9. The third-order valence-corrected chi connectivity index (χ3v) is 4.55. The Kier molecular flexibility index (Phi) is 5.65. The van der Waals surface area contributed by atoms with Crippen molar-refractivity contribution < 1.29 is 9.47 Å². The molecule has 2 aromatic rings. The highest BCUT2D eigenvalue weighted by Crippen LogP contribution is 2.32. The summed E-state index contributed by atoms with van der Waals surface area (Å²) in [4.78, 5) is 1.36. The van der Waals surface area contributed by atoms with Crippen LogP contribution in [0.5, 0.6) is 5.75 Å². The Morgan fingerprint density at radius 2 is 2.00 bits per heavy atom. The van der Waals surface area contributed by atoms with Crippen LogP contribution in [0.25, 0.3) is 0 Å². The fraction of sp³-hybridized carbons (Fsp3) is 0.412. The fourth-order valence-corrected chi connectivity index (χ4v) is 3.17. The van der Waals surface area contributed by atoms with Gasteiger partial charge >= 0.3 is 0 Å². The highest BCUT2D eigenvalue weighted by molar-refractivity contribution is 7.10. The van der Waals surface area contributed by atoms with Crippen LogP contribution in [0, 0.1) is 13.8 Å². The minimum Gasteiger partial charge on any atom is -0.489 e. The molecule has 1 heterocycles. The number of thiophene rings is 1. The number of anilines is 1. The monoisotopic (exact) mass is 305 g/mol. The van der Waals surface area contributed by atoms with Crippen molar-refractivity contribution in [3.63, 3.8) is 0 Å². The molecule has 21 heavy (non-hydrogen) atoms. The Balaban J connectivity index is 2.13. The van der Waals surface area contributed by atoms with E-state index in [1.165, 1.54) is 16.0 Å². The average Bonchev–Trinajstić information content (AvgIpc) is 2.88. The van der Waals surface area contributed by atoms with E-state index in [-0.39, 0.29) is 6.04 Å². The summed E-state index contributed by atoms with van der Waals surface area (Å²) in [5, 5.41) is 5.69. The van der Waals surface area contributed by atoms with Crippen LogP contribution in [-0.4, -0.2) is 20.3 Å². The third-order valence-electron chi connectivity index (χ3n) is 3.35. The van der Waals surface area contributed by atoms with Crippen LogP contribution in [0.15, 0.2) is 29.6 Å². The molecule has 1 N–H and O–H groups in total. The molecule has 1 aromatic heterocycles. The maximum Gasteiger partial charge on any atom is 0.142 e. The predicted molar refractivity (Wildman–Crippen MR) is 89.6 cm³/mol. The number of methoxy groups -OCH3 is 1. The van der Waals surface area contributed by atoms with E-state index in [1.807, 2.05) is 0 Å². The van der Waals surface area contributed by atoms with Gasteiger partial charge < -0.3 is 14.8 Å². The van der Waals surface area contributed by atoms with Gasteiger partial charge in [0.1, 0.15) is 12.4 Å². The lowest BCUT2D eigenvalue weighted by atomic mass is 10.1. The number of aryl methyl sites for hydroxylation is 2. The van der Waals surface area contributed by atoms with Gasteiger partial charge in [-0.25, -0.2) is 0 Å². The van der Waals surface area contributed by atoms with Gasteiger partial charge in [-0.1, -0.05) is 6.07 Å². The fourth-order valence-electron chi connectivity index (χ4n) is 2.23. The number of ether oxygens (including phenoxy) is 2. The molecule has 4 heteroatoms.